The Balaban J connectivity index is 1.58. The Morgan fingerprint density at radius 1 is 0.938 bits per heavy atom. The van der Waals surface area contributed by atoms with Crippen LogP contribution < -0.4 is 10.1 Å². The fourth-order valence-electron chi connectivity index (χ4n) is 3.22. The van der Waals surface area contributed by atoms with E-state index in [9.17, 15) is 8.78 Å². The first-order chi connectivity index (χ1) is 15.6. The number of fused-ring (bicyclic) bond motifs is 1. The van der Waals surface area contributed by atoms with Crippen LogP contribution in [0.5, 0.6) is 5.75 Å². The van der Waals surface area contributed by atoms with Gasteiger partial charge in [-0.15, -0.1) is 11.3 Å². The highest BCUT2D eigenvalue weighted by atomic mass is 32.1. The van der Waals surface area contributed by atoms with Crippen molar-refractivity contribution in [2.45, 2.75) is 0 Å². The van der Waals surface area contributed by atoms with Crippen molar-refractivity contribution in [2.24, 2.45) is 0 Å². The van der Waals surface area contributed by atoms with Crippen LogP contribution >= 0.6 is 11.3 Å². The number of hydrogen-bond donors (Lipinski definition) is 1. The summed E-state index contributed by atoms with van der Waals surface area (Å²) in [6.07, 6.45) is 3.37. The van der Waals surface area contributed by atoms with E-state index < -0.39 is 11.6 Å². The number of methoxy groups -OCH3 is 1. The van der Waals surface area contributed by atoms with Gasteiger partial charge in [-0.05, 0) is 42.5 Å². The number of pyridine rings is 1. The molecule has 2 aromatic carbocycles. The molecular formula is C23H15F2N5OS. The monoisotopic (exact) mass is 447 g/mol. The zero-order chi connectivity index (χ0) is 22.1. The fourth-order valence-corrected chi connectivity index (χ4v) is 3.94. The van der Waals surface area contributed by atoms with Crippen LogP contribution in [0, 0.1) is 11.6 Å². The lowest BCUT2D eigenvalue weighted by molar-refractivity contribution is 0.415. The van der Waals surface area contributed by atoms with Gasteiger partial charge in [0.1, 0.15) is 23.2 Å². The van der Waals surface area contributed by atoms with Crippen molar-refractivity contribution >= 4 is 33.2 Å². The van der Waals surface area contributed by atoms with Gasteiger partial charge in [0, 0.05) is 40.4 Å². The van der Waals surface area contributed by atoms with Crippen LogP contribution in [0.25, 0.3) is 33.5 Å². The van der Waals surface area contributed by atoms with Gasteiger partial charge in [0.25, 0.3) is 0 Å². The summed E-state index contributed by atoms with van der Waals surface area (Å²) in [5, 5.41) is 6.20. The van der Waals surface area contributed by atoms with Gasteiger partial charge in [-0.2, -0.15) is 0 Å². The van der Waals surface area contributed by atoms with Crippen LogP contribution in [0.1, 0.15) is 0 Å². The molecule has 0 unspecified atom stereocenters. The Hall–Kier alpha value is -3.98. The minimum Gasteiger partial charge on any atom is -0.497 e. The lowest BCUT2D eigenvalue weighted by Gasteiger charge is -2.10. The van der Waals surface area contributed by atoms with Gasteiger partial charge in [-0.3, -0.25) is 4.98 Å². The summed E-state index contributed by atoms with van der Waals surface area (Å²) in [7, 11) is 1.59. The molecule has 0 radical (unpaired) electrons. The second-order valence-corrected chi connectivity index (χ2v) is 7.70. The number of anilines is 2. The third-order valence-electron chi connectivity index (χ3n) is 4.71. The molecule has 32 heavy (non-hydrogen) atoms. The SMILES string of the molecule is COc1ccc2nc(-c3cccnc3)nc(Nc3nc(-c4cc(F)cc(F)c4)cs3)c2c1. The smallest absolute Gasteiger partial charge is 0.188 e. The maximum Gasteiger partial charge on any atom is 0.188 e. The standard InChI is InChI=1S/C23H15F2N5OS/c1-31-17-4-5-19-18(10-17)22(29-21(27-19)13-3-2-6-26-11-13)30-23-28-20(12-32-23)14-7-15(24)9-16(25)8-14/h2-12H,1H3,(H,27,28,29,30). The number of rotatable bonds is 5. The van der Waals surface area contributed by atoms with Gasteiger partial charge in [-0.25, -0.2) is 23.7 Å². The number of ether oxygens (including phenoxy) is 1. The number of aromatic nitrogens is 4. The lowest BCUT2D eigenvalue weighted by Crippen LogP contribution is -2.00. The highest BCUT2D eigenvalue weighted by molar-refractivity contribution is 7.14. The minimum absolute atomic E-state index is 0.358. The lowest BCUT2D eigenvalue weighted by atomic mass is 10.1. The maximum absolute atomic E-state index is 13.6. The molecule has 0 atom stereocenters. The predicted octanol–water partition coefficient (Wildman–Crippen LogP) is 5.85. The summed E-state index contributed by atoms with van der Waals surface area (Å²) in [4.78, 5) is 18.0. The molecule has 0 fully saturated rings. The molecule has 0 aliphatic carbocycles. The Kier molecular flexibility index (Phi) is 5.16. The normalized spacial score (nSPS) is 11.0. The highest BCUT2D eigenvalue weighted by Gasteiger charge is 2.14. The number of nitrogens with zero attached hydrogens (tertiary/aromatic N) is 4. The Morgan fingerprint density at radius 3 is 2.53 bits per heavy atom. The molecule has 3 heterocycles. The van der Waals surface area contributed by atoms with E-state index in [2.05, 4.69) is 25.3 Å². The Bertz CT molecular complexity index is 1400. The van der Waals surface area contributed by atoms with Crippen LogP contribution in [0.4, 0.5) is 19.7 Å². The van der Waals surface area contributed by atoms with E-state index in [1.54, 1.807) is 24.9 Å². The number of halogens is 2. The Morgan fingerprint density at radius 2 is 1.78 bits per heavy atom. The van der Waals surface area contributed by atoms with Crippen molar-refractivity contribution in [3.63, 3.8) is 0 Å². The quantitative estimate of drug-likeness (QED) is 0.365. The summed E-state index contributed by atoms with van der Waals surface area (Å²) >= 11 is 1.30. The molecule has 5 aromatic rings. The van der Waals surface area contributed by atoms with Gasteiger partial charge in [0.15, 0.2) is 11.0 Å². The molecular weight excluding hydrogens is 432 g/mol. The topological polar surface area (TPSA) is 72.8 Å². The molecule has 0 aliphatic rings. The van der Waals surface area contributed by atoms with Crippen LogP contribution in [0.15, 0.2) is 66.3 Å². The summed E-state index contributed by atoms with van der Waals surface area (Å²) < 4.78 is 32.6. The van der Waals surface area contributed by atoms with Crippen molar-refractivity contribution in [1.82, 2.24) is 19.9 Å². The maximum atomic E-state index is 13.6. The van der Waals surface area contributed by atoms with Crippen molar-refractivity contribution in [1.29, 1.82) is 0 Å². The number of hydrogen-bond acceptors (Lipinski definition) is 7. The summed E-state index contributed by atoms with van der Waals surface area (Å²) in [5.41, 5.74) is 2.30. The molecule has 3 aromatic heterocycles. The zero-order valence-electron chi connectivity index (χ0n) is 16.7. The first-order valence-electron chi connectivity index (χ1n) is 9.54. The van der Waals surface area contributed by atoms with Gasteiger partial charge >= 0.3 is 0 Å². The van der Waals surface area contributed by atoms with Crippen molar-refractivity contribution in [2.75, 3.05) is 12.4 Å². The van der Waals surface area contributed by atoms with Gasteiger partial charge in [0.2, 0.25) is 0 Å². The molecule has 158 valence electrons. The fraction of sp³-hybridized carbons (Fsp3) is 0.0435. The molecule has 0 amide bonds. The van der Waals surface area contributed by atoms with Gasteiger partial charge in [0.05, 0.1) is 18.3 Å². The third kappa shape index (κ3) is 3.97. The average Bonchev–Trinajstić information content (AvgIpc) is 3.27. The van der Waals surface area contributed by atoms with E-state index >= 15 is 0 Å². The van der Waals surface area contributed by atoms with Crippen LogP contribution in [0.2, 0.25) is 0 Å². The van der Waals surface area contributed by atoms with E-state index in [-0.39, 0.29) is 0 Å². The average molecular weight is 447 g/mol. The van der Waals surface area contributed by atoms with E-state index in [4.69, 9.17) is 4.74 Å². The van der Waals surface area contributed by atoms with Gasteiger partial charge in [-0.1, -0.05) is 0 Å². The zero-order valence-corrected chi connectivity index (χ0v) is 17.5. The molecule has 5 rings (SSSR count). The molecule has 0 spiro atoms. The summed E-state index contributed by atoms with van der Waals surface area (Å²) in [6, 6.07) is 12.5. The first kappa shape index (κ1) is 20.0. The van der Waals surface area contributed by atoms with Crippen LogP contribution in [-0.4, -0.2) is 27.0 Å². The molecule has 0 saturated carbocycles. The first-order valence-corrected chi connectivity index (χ1v) is 10.4. The second kappa shape index (κ2) is 8.27. The number of nitrogens with one attached hydrogen (secondary N) is 1. The molecule has 0 saturated heterocycles. The highest BCUT2D eigenvalue weighted by Crippen LogP contribution is 2.32. The summed E-state index contributed by atoms with van der Waals surface area (Å²) in [6.45, 7) is 0. The second-order valence-electron chi connectivity index (χ2n) is 6.84. The summed E-state index contributed by atoms with van der Waals surface area (Å²) in [5.74, 6) is 0.379. The van der Waals surface area contributed by atoms with Crippen LogP contribution in [0.3, 0.4) is 0 Å². The van der Waals surface area contributed by atoms with E-state index in [1.165, 1.54) is 23.5 Å². The van der Waals surface area contributed by atoms with Gasteiger partial charge < -0.3 is 10.1 Å². The molecule has 6 nitrogen and oxygen atoms in total. The molecule has 9 heteroatoms. The number of thiazole rings is 1. The third-order valence-corrected chi connectivity index (χ3v) is 5.47. The molecule has 0 aliphatic heterocycles. The van der Waals surface area contributed by atoms with E-state index in [0.717, 1.165) is 17.0 Å². The number of benzene rings is 2. The largest absolute Gasteiger partial charge is 0.497 e. The van der Waals surface area contributed by atoms with Crippen molar-refractivity contribution in [3.05, 3.63) is 77.9 Å². The van der Waals surface area contributed by atoms with Crippen molar-refractivity contribution < 1.29 is 13.5 Å². The molecule has 1 N–H and O–H groups in total. The molecule has 0 bridgehead atoms. The van der Waals surface area contributed by atoms with Crippen LogP contribution in [-0.2, 0) is 0 Å². The minimum atomic E-state index is -0.655. The van der Waals surface area contributed by atoms with E-state index in [0.29, 0.717) is 39.3 Å². The van der Waals surface area contributed by atoms with Crippen molar-refractivity contribution in [3.8, 4) is 28.4 Å². The predicted molar refractivity (Wildman–Crippen MR) is 120 cm³/mol. The van der Waals surface area contributed by atoms with E-state index in [1.807, 2.05) is 30.3 Å². The Labute approximate surface area is 185 Å².